The highest BCUT2D eigenvalue weighted by Crippen LogP contribution is 2.43. The number of piperidine rings is 1. The smallest absolute Gasteiger partial charge is 0.234 e. The number of carbonyl (C=O) groups is 2. The Morgan fingerprint density at radius 1 is 1.40 bits per heavy atom. The Labute approximate surface area is 123 Å². The first-order chi connectivity index (χ1) is 9.48. The van der Waals surface area contributed by atoms with Gasteiger partial charge in [-0.1, -0.05) is 36.7 Å². The predicted molar refractivity (Wildman–Crippen MR) is 76.6 cm³/mol. The predicted octanol–water partition coefficient (Wildman–Crippen LogP) is 2.51. The molecule has 0 radical (unpaired) electrons. The minimum absolute atomic E-state index is 0.245. The summed E-state index contributed by atoms with van der Waals surface area (Å²) in [5.41, 5.74) is 0.154. The van der Waals surface area contributed by atoms with Crippen LogP contribution in [0, 0.1) is 5.41 Å². The molecule has 1 aromatic rings. The summed E-state index contributed by atoms with van der Waals surface area (Å²) < 4.78 is 5.49. The van der Waals surface area contributed by atoms with Gasteiger partial charge in [0.15, 0.2) is 0 Å². The number of hydrogen-bond donors (Lipinski definition) is 1. The highest BCUT2D eigenvalue weighted by Gasteiger charge is 2.46. The molecule has 2 unspecified atom stereocenters. The van der Waals surface area contributed by atoms with Crippen molar-refractivity contribution in [2.24, 2.45) is 5.41 Å². The van der Waals surface area contributed by atoms with Gasteiger partial charge in [0.25, 0.3) is 0 Å². The Morgan fingerprint density at radius 3 is 2.75 bits per heavy atom. The molecule has 0 aromatic heterocycles. The number of imide groups is 1. The Balaban J connectivity index is 2.42. The lowest BCUT2D eigenvalue weighted by Crippen LogP contribution is -2.51. The highest BCUT2D eigenvalue weighted by molar-refractivity contribution is 6.31. The summed E-state index contributed by atoms with van der Waals surface area (Å²) in [6, 6.07) is 7.23. The average molecular weight is 296 g/mol. The van der Waals surface area contributed by atoms with Gasteiger partial charge in [-0.15, -0.1) is 0 Å². The van der Waals surface area contributed by atoms with Crippen LogP contribution in [0.25, 0.3) is 0 Å². The first-order valence-corrected chi connectivity index (χ1v) is 7.01. The molecule has 1 fully saturated rings. The Kier molecular flexibility index (Phi) is 4.45. The van der Waals surface area contributed by atoms with E-state index in [4.69, 9.17) is 16.3 Å². The van der Waals surface area contributed by atoms with Crippen molar-refractivity contribution in [3.05, 3.63) is 34.9 Å². The van der Waals surface area contributed by atoms with E-state index < -0.39 is 11.3 Å². The van der Waals surface area contributed by atoms with Gasteiger partial charge in [-0.3, -0.25) is 14.9 Å². The third-order valence-electron chi connectivity index (χ3n) is 3.64. The zero-order valence-electron chi connectivity index (χ0n) is 11.6. The molecule has 5 heteroatoms. The van der Waals surface area contributed by atoms with Gasteiger partial charge in [-0.05, 0) is 18.6 Å². The van der Waals surface area contributed by atoms with Gasteiger partial charge in [-0.2, -0.15) is 0 Å². The largest absolute Gasteiger partial charge is 0.381 e. The molecule has 2 atom stereocenters. The molecule has 1 aliphatic rings. The van der Waals surface area contributed by atoms with Crippen molar-refractivity contribution in [3.63, 3.8) is 0 Å². The third-order valence-corrected chi connectivity index (χ3v) is 3.98. The van der Waals surface area contributed by atoms with E-state index in [-0.39, 0.29) is 18.2 Å². The summed E-state index contributed by atoms with van der Waals surface area (Å²) in [6.45, 7) is 4.67. The molecular formula is C15H18ClNO3. The van der Waals surface area contributed by atoms with Crippen LogP contribution >= 0.6 is 11.6 Å². The van der Waals surface area contributed by atoms with E-state index in [2.05, 4.69) is 5.32 Å². The van der Waals surface area contributed by atoms with E-state index >= 15 is 0 Å². The molecule has 0 spiro atoms. The van der Waals surface area contributed by atoms with Crippen LogP contribution in [0.15, 0.2) is 24.3 Å². The molecule has 108 valence electrons. The van der Waals surface area contributed by atoms with Crippen molar-refractivity contribution < 1.29 is 14.3 Å². The molecule has 1 aromatic carbocycles. The quantitative estimate of drug-likeness (QED) is 0.868. The maximum absolute atomic E-state index is 12.3. The van der Waals surface area contributed by atoms with E-state index in [9.17, 15) is 9.59 Å². The lowest BCUT2D eigenvalue weighted by atomic mass is 9.69. The van der Waals surface area contributed by atoms with Crippen LogP contribution in [0.4, 0.5) is 0 Å². The average Bonchev–Trinajstić information content (AvgIpc) is 2.37. The Morgan fingerprint density at radius 2 is 2.10 bits per heavy atom. The van der Waals surface area contributed by atoms with E-state index in [1.54, 1.807) is 6.07 Å². The molecule has 1 N–H and O–H groups in total. The van der Waals surface area contributed by atoms with Gasteiger partial charge in [0.1, 0.15) is 0 Å². The molecule has 0 bridgehead atoms. The number of nitrogens with one attached hydrogen (secondary N) is 1. The van der Waals surface area contributed by atoms with E-state index in [1.165, 1.54) is 0 Å². The zero-order chi connectivity index (χ0) is 14.8. The van der Waals surface area contributed by atoms with Crippen LogP contribution in [0.1, 0.15) is 31.7 Å². The highest BCUT2D eigenvalue weighted by atomic mass is 35.5. The van der Waals surface area contributed by atoms with Gasteiger partial charge in [-0.25, -0.2) is 0 Å². The second-order valence-corrected chi connectivity index (χ2v) is 5.74. The monoisotopic (exact) mass is 295 g/mol. The Bertz CT molecular complexity index is 532. The number of rotatable bonds is 4. The minimum atomic E-state index is -0.583. The minimum Gasteiger partial charge on any atom is -0.381 e. The molecule has 1 saturated heterocycles. The van der Waals surface area contributed by atoms with E-state index in [0.29, 0.717) is 18.2 Å². The van der Waals surface area contributed by atoms with Crippen molar-refractivity contribution >= 4 is 23.4 Å². The summed E-state index contributed by atoms with van der Waals surface area (Å²) in [4.78, 5) is 24.0. The summed E-state index contributed by atoms with van der Waals surface area (Å²) in [6.07, 6.45) is 0.245. The summed E-state index contributed by atoms with van der Waals surface area (Å²) in [5, 5.41) is 2.93. The third kappa shape index (κ3) is 2.86. The molecule has 2 rings (SSSR count). The van der Waals surface area contributed by atoms with E-state index in [0.717, 1.165) is 5.56 Å². The summed E-state index contributed by atoms with van der Waals surface area (Å²) >= 11 is 6.21. The standard InChI is InChI=1S/C15H18ClNO3/c1-3-20-9-15(2)8-12(18)17-14(19)13(15)10-6-4-5-7-11(10)16/h4-7,13H,3,8-9H2,1-2H3,(H,17,18,19). The number of benzene rings is 1. The van der Waals surface area contributed by atoms with Gasteiger partial charge < -0.3 is 4.74 Å². The second kappa shape index (κ2) is 5.94. The van der Waals surface area contributed by atoms with Crippen LogP contribution in [0.5, 0.6) is 0 Å². The molecule has 0 saturated carbocycles. The molecule has 20 heavy (non-hydrogen) atoms. The van der Waals surface area contributed by atoms with Gasteiger partial charge in [0.2, 0.25) is 11.8 Å². The van der Waals surface area contributed by atoms with Gasteiger partial charge in [0, 0.05) is 23.5 Å². The molecule has 1 aliphatic heterocycles. The summed E-state index contributed by atoms with van der Waals surface area (Å²) in [5.74, 6) is -1.06. The van der Waals surface area contributed by atoms with Crippen molar-refractivity contribution in [1.29, 1.82) is 0 Å². The van der Waals surface area contributed by atoms with Crippen molar-refractivity contribution in [2.45, 2.75) is 26.2 Å². The normalized spacial score (nSPS) is 26.4. The Hall–Kier alpha value is -1.39. The maximum atomic E-state index is 12.3. The van der Waals surface area contributed by atoms with Crippen molar-refractivity contribution in [1.82, 2.24) is 5.32 Å². The van der Waals surface area contributed by atoms with Crippen LogP contribution in [0.3, 0.4) is 0 Å². The first kappa shape index (κ1) is 15.0. The number of carbonyl (C=O) groups excluding carboxylic acids is 2. The second-order valence-electron chi connectivity index (χ2n) is 5.33. The fourth-order valence-corrected chi connectivity index (χ4v) is 2.98. The van der Waals surface area contributed by atoms with Crippen molar-refractivity contribution in [3.8, 4) is 0 Å². The van der Waals surface area contributed by atoms with Crippen LogP contribution in [0.2, 0.25) is 5.02 Å². The molecule has 4 nitrogen and oxygen atoms in total. The lowest BCUT2D eigenvalue weighted by Gasteiger charge is -2.39. The number of halogens is 1. The van der Waals surface area contributed by atoms with Gasteiger partial charge in [0.05, 0.1) is 12.5 Å². The van der Waals surface area contributed by atoms with Crippen LogP contribution in [-0.4, -0.2) is 25.0 Å². The fraction of sp³-hybridized carbons (Fsp3) is 0.467. The van der Waals surface area contributed by atoms with Crippen LogP contribution in [-0.2, 0) is 14.3 Å². The molecule has 1 heterocycles. The topological polar surface area (TPSA) is 55.4 Å². The maximum Gasteiger partial charge on any atom is 0.234 e. The summed E-state index contributed by atoms with van der Waals surface area (Å²) in [7, 11) is 0. The SMILES string of the molecule is CCOCC1(C)CC(=O)NC(=O)C1c1ccccc1Cl. The molecule has 2 amide bonds. The number of amides is 2. The first-order valence-electron chi connectivity index (χ1n) is 6.64. The van der Waals surface area contributed by atoms with Crippen LogP contribution < -0.4 is 5.32 Å². The van der Waals surface area contributed by atoms with Crippen molar-refractivity contribution in [2.75, 3.05) is 13.2 Å². The fourth-order valence-electron chi connectivity index (χ4n) is 2.73. The zero-order valence-corrected chi connectivity index (χ0v) is 12.4. The lowest BCUT2D eigenvalue weighted by molar-refractivity contribution is -0.141. The van der Waals surface area contributed by atoms with Gasteiger partial charge >= 0.3 is 0 Å². The van der Waals surface area contributed by atoms with E-state index in [1.807, 2.05) is 32.0 Å². The molecular weight excluding hydrogens is 278 g/mol. The number of ether oxygens (including phenoxy) is 1. The number of hydrogen-bond acceptors (Lipinski definition) is 3. The molecule has 0 aliphatic carbocycles.